The van der Waals surface area contributed by atoms with Gasteiger partial charge in [-0.15, -0.1) is 0 Å². The Morgan fingerprint density at radius 3 is 2.54 bits per heavy atom. The van der Waals surface area contributed by atoms with Gasteiger partial charge in [0.15, 0.2) is 0 Å². The van der Waals surface area contributed by atoms with Gasteiger partial charge in [0, 0.05) is 31.8 Å². The number of carboxylic acids is 1. The van der Waals surface area contributed by atoms with Gasteiger partial charge in [-0.25, -0.2) is 13.2 Å². The predicted molar refractivity (Wildman–Crippen MR) is 77.1 cm³/mol. The molecule has 0 radical (unpaired) electrons. The first-order valence-electron chi connectivity index (χ1n) is 7.23. The number of carboxylic acid groups (broad SMARTS) is 1. The highest BCUT2D eigenvalue weighted by Gasteiger charge is 2.29. The molecule has 6 nitrogen and oxygen atoms in total. The van der Waals surface area contributed by atoms with Gasteiger partial charge in [-0.1, -0.05) is 0 Å². The van der Waals surface area contributed by atoms with Crippen molar-refractivity contribution in [2.75, 3.05) is 39.8 Å². The molecule has 0 aromatic heterocycles. The Morgan fingerprint density at radius 1 is 1.33 bits per heavy atom. The first-order valence-corrected chi connectivity index (χ1v) is 7.23. The smallest absolute Gasteiger partial charge is 0.317 e. The molecule has 1 atom stereocenters. The zero-order chi connectivity index (χ0) is 17.9. The van der Waals surface area contributed by atoms with Crippen molar-refractivity contribution >= 4 is 11.9 Å². The number of rotatable bonds is 5. The number of carbonyl (C=O) groups excluding carboxylic acids is 1. The maximum Gasteiger partial charge on any atom is 0.317 e. The third kappa shape index (κ3) is 4.45. The van der Waals surface area contributed by atoms with Gasteiger partial charge in [-0.05, 0) is 7.05 Å². The minimum Gasteiger partial charge on any atom is -0.480 e. The van der Waals surface area contributed by atoms with Crippen LogP contribution in [0.1, 0.15) is 10.4 Å². The normalized spacial score (nSPS) is 18.0. The Balaban J connectivity index is 2.07. The predicted octanol–water partition coefficient (Wildman–Crippen LogP) is 0.961. The van der Waals surface area contributed by atoms with Crippen LogP contribution in [0.2, 0.25) is 0 Å². The van der Waals surface area contributed by atoms with Gasteiger partial charge in [-0.3, -0.25) is 14.5 Å². The van der Waals surface area contributed by atoms with Crippen molar-refractivity contribution in [2.45, 2.75) is 6.10 Å². The van der Waals surface area contributed by atoms with Crippen LogP contribution in [0.25, 0.3) is 0 Å². The molecule has 1 aliphatic heterocycles. The zero-order valence-electron chi connectivity index (χ0n) is 13.0. The summed E-state index contributed by atoms with van der Waals surface area (Å²) in [5.74, 6) is -5.51. The number of likely N-dealkylation sites (N-methyl/N-ethyl adjacent to an activating group) is 1. The summed E-state index contributed by atoms with van der Waals surface area (Å²) >= 11 is 0. The molecule has 24 heavy (non-hydrogen) atoms. The number of morpholine rings is 1. The van der Waals surface area contributed by atoms with Crippen molar-refractivity contribution in [2.24, 2.45) is 0 Å². The van der Waals surface area contributed by atoms with Gasteiger partial charge in [0.05, 0.1) is 19.3 Å². The molecule has 132 valence electrons. The molecule has 1 N–H and O–H groups in total. The molecular weight excluding hydrogens is 329 g/mol. The molecule has 1 aromatic rings. The van der Waals surface area contributed by atoms with Crippen molar-refractivity contribution in [3.63, 3.8) is 0 Å². The van der Waals surface area contributed by atoms with Crippen molar-refractivity contribution in [3.8, 4) is 0 Å². The molecule has 1 heterocycles. The Hall–Kier alpha value is -2.13. The Labute approximate surface area is 136 Å². The maximum atomic E-state index is 13.7. The summed E-state index contributed by atoms with van der Waals surface area (Å²) in [5.41, 5.74) is -0.809. The molecular formula is C15H17F3N2O4. The van der Waals surface area contributed by atoms with Gasteiger partial charge < -0.3 is 14.7 Å². The van der Waals surface area contributed by atoms with Crippen LogP contribution in [0.5, 0.6) is 0 Å². The number of hydrogen-bond donors (Lipinski definition) is 1. The lowest BCUT2D eigenvalue weighted by Crippen LogP contribution is -2.50. The van der Waals surface area contributed by atoms with Gasteiger partial charge in [0.2, 0.25) is 0 Å². The number of ether oxygens (including phenoxy) is 1. The number of benzene rings is 1. The van der Waals surface area contributed by atoms with E-state index in [2.05, 4.69) is 0 Å². The zero-order valence-corrected chi connectivity index (χ0v) is 13.0. The number of halogens is 3. The quantitative estimate of drug-likeness (QED) is 0.860. The molecule has 9 heteroatoms. The Kier molecular flexibility index (Phi) is 5.79. The summed E-state index contributed by atoms with van der Waals surface area (Å²) in [7, 11) is 1.58. The van der Waals surface area contributed by atoms with Crippen LogP contribution in [0.3, 0.4) is 0 Å². The summed E-state index contributed by atoms with van der Waals surface area (Å²) < 4.78 is 45.9. The molecule has 1 unspecified atom stereocenters. The molecule has 1 aromatic carbocycles. The van der Waals surface area contributed by atoms with E-state index in [1.54, 1.807) is 7.05 Å². The lowest BCUT2D eigenvalue weighted by molar-refractivity contribution is -0.138. The topological polar surface area (TPSA) is 70.1 Å². The van der Waals surface area contributed by atoms with Crippen LogP contribution < -0.4 is 0 Å². The first-order chi connectivity index (χ1) is 11.3. The number of hydrogen-bond acceptors (Lipinski definition) is 4. The highest BCUT2D eigenvalue weighted by atomic mass is 19.1. The minimum atomic E-state index is -1.26. The van der Waals surface area contributed by atoms with Crippen LogP contribution in [0, 0.1) is 17.5 Å². The van der Waals surface area contributed by atoms with Crippen molar-refractivity contribution in [1.82, 2.24) is 9.80 Å². The largest absolute Gasteiger partial charge is 0.480 e. The molecule has 1 amide bonds. The first kappa shape index (κ1) is 18.2. The summed E-state index contributed by atoms with van der Waals surface area (Å²) in [6, 6.07) is 0.907. The van der Waals surface area contributed by atoms with E-state index in [1.165, 1.54) is 9.80 Å². The molecule has 0 aliphatic carbocycles. The van der Waals surface area contributed by atoms with Gasteiger partial charge in [-0.2, -0.15) is 0 Å². The van der Waals surface area contributed by atoms with E-state index in [9.17, 15) is 22.8 Å². The van der Waals surface area contributed by atoms with E-state index >= 15 is 0 Å². The molecule has 0 spiro atoms. The molecule has 1 aliphatic rings. The lowest BCUT2D eigenvalue weighted by atomic mass is 10.1. The minimum absolute atomic E-state index is 0.0546. The van der Waals surface area contributed by atoms with Crippen LogP contribution in [0.4, 0.5) is 13.2 Å². The molecule has 0 saturated carbocycles. The van der Waals surface area contributed by atoms with Crippen molar-refractivity contribution in [1.29, 1.82) is 0 Å². The van der Waals surface area contributed by atoms with Crippen molar-refractivity contribution < 1.29 is 32.6 Å². The monoisotopic (exact) mass is 346 g/mol. The van der Waals surface area contributed by atoms with Gasteiger partial charge in [0.1, 0.15) is 23.0 Å². The summed E-state index contributed by atoms with van der Waals surface area (Å²) in [4.78, 5) is 25.7. The average Bonchev–Trinajstić information content (AvgIpc) is 2.45. The number of aliphatic carboxylic acids is 1. The van der Waals surface area contributed by atoms with E-state index < -0.39 is 41.0 Å². The molecule has 2 rings (SSSR count). The number of carbonyl (C=O) groups is 2. The fraction of sp³-hybridized carbons (Fsp3) is 0.467. The molecule has 0 bridgehead atoms. The van der Waals surface area contributed by atoms with E-state index in [0.29, 0.717) is 12.1 Å². The Bertz CT molecular complexity index is 618. The highest BCUT2D eigenvalue weighted by molar-refractivity contribution is 5.94. The summed E-state index contributed by atoms with van der Waals surface area (Å²) in [5, 5.41) is 8.72. The van der Waals surface area contributed by atoms with Gasteiger partial charge in [0.25, 0.3) is 5.91 Å². The highest BCUT2D eigenvalue weighted by Crippen LogP contribution is 2.18. The maximum absolute atomic E-state index is 13.7. The molecule has 1 fully saturated rings. The average molecular weight is 346 g/mol. The second-order valence-corrected chi connectivity index (χ2v) is 5.58. The summed E-state index contributed by atoms with van der Waals surface area (Å²) in [6.07, 6.45) is -0.487. The Morgan fingerprint density at radius 2 is 1.96 bits per heavy atom. The summed E-state index contributed by atoms with van der Waals surface area (Å²) in [6.45, 7) is 0.383. The number of nitrogens with zero attached hydrogens (tertiary/aromatic N) is 2. The van der Waals surface area contributed by atoms with E-state index in [0.717, 1.165) is 0 Å². The van der Waals surface area contributed by atoms with Crippen LogP contribution in [-0.4, -0.2) is 72.7 Å². The lowest BCUT2D eigenvalue weighted by Gasteiger charge is -2.34. The van der Waals surface area contributed by atoms with Crippen LogP contribution >= 0.6 is 0 Å². The fourth-order valence-electron chi connectivity index (χ4n) is 2.56. The van der Waals surface area contributed by atoms with Crippen molar-refractivity contribution in [3.05, 3.63) is 35.1 Å². The van der Waals surface area contributed by atoms with Gasteiger partial charge >= 0.3 is 5.97 Å². The third-order valence-corrected chi connectivity index (χ3v) is 3.57. The standard InChI is InChI=1S/C15H17F3N2O4/c1-19(8-13(21)22)6-10-7-20(2-3-24-10)15(23)14-11(17)4-9(16)5-12(14)18/h4-5,10H,2-3,6-8H2,1H3,(H,21,22). The van der Waals surface area contributed by atoms with Crippen LogP contribution in [0.15, 0.2) is 12.1 Å². The SMILES string of the molecule is CN(CC(=O)O)CC1CN(C(=O)c2c(F)cc(F)cc2F)CCO1. The second-order valence-electron chi connectivity index (χ2n) is 5.58. The fourth-order valence-corrected chi connectivity index (χ4v) is 2.56. The van der Waals surface area contributed by atoms with E-state index in [4.69, 9.17) is 9.84 Å². The van der Waals surface area contributed by atoms with E-state index in [1.807, 2.05) is 0 Å². The second kappa shape index (κ2) is 7.63. The third-order valence-electron chi connectivity index (χ3n) is 3.57. The van der Waals surface area contributed by atoms with E-state index in [-0.39, 0.29) is 32.8 Å². The molecule has 1 saturated heterocycles. The van der Waals surface area contributed by atoms with Crippen LogP contribution in [-0.2, 0) is 9.53 Å². The number of amides is 1.